The van der Waals surface area contributed by atoms with Gasteiger partial charge in [0.2, 0.25) is 0 Å². The van der Waals surface area contributed by atoms with Gasteiger partial charge in [-0.3, -0.25) is 11.3 Å². The van der Waals surface area contributed by atoms with Crippen molar-refractivity contribution in [2.24, 2.45) is 5.84 Å². The quantitative estimate of drug-likeness (QED) is 0.605. The number of benzene rings is 1. The van der Waals surface area contributed by atoms with Gasteiger partial charge in [0, 0.05) is 18.5 Å². The van der Waals surface area contributed by atoms with E-state index in [1.807, 2.05) is 4.68 Å². The fourth-order valence-corrected chi connectivity index (χ4v) is 2.52. The first-order valence-corrected chi connectivity index (χ1v) is 7.50. The fraction of sp³-hybridized carbons (Fsp3) is 0.500. The van der Waals surface area contributed by atoms with E-state index < -0.39 is 0 Å². The van der Waals surface area contributed by atoms with Crippen molar-refractivity contribution < 1.29 is 0 Å². The Morgan fingerprint density at radius 2 is 2.14 bits per heavy atom. The van der Waals surface area contributed by atoms with Gasteiger partial charge in [-0.15, -0.1) is 0 Å². The maximum atomic E-state index is 5.70. The van der Waals surface area contributed by atoms with Crippen molar-refractivity contribution in [1.82, 2.24) is 20.2 Å². The van der Waals surface area contributed by atoms with E-state index in [9.17, 15) is 0 Å². The highest BCUT2D eigenvalue weighted by atomic mass is 15.3. The summed E-state index contributed by atoms with van der Waals surface area (Å²) in [5.74, 6) is 6.69. The van der Waals surface area contributed by atoms with Crippen LogP contribution in [0.4, 0.5) is 0 Å². The first kappa shape index (κ1) is 15.7. The second-order valence-corrected chi connectivity index (χ2v) is 5.81. The number of hydrogen-bond donors (Lipinski definition) is 2. The highest BCUT2D eigenvalue weighted by Gasteiger charge is 2.14. The summed E-state index contributed by atoms with van der Waals surface area (Å²) in [5.41, 5.74) is 5.55. The molecule has 1 aromatic carbocycles. The molecule has 1 aromatic heterocycles. The van der Waals surface area contributed by atoms with Crippen molar-refractivity contribution in [2.45, 2.75) is 52.1 Å². The van der Waals surface area contributed by atoms with Gasteiger partial charge in [-0.2, -0.15) is 5.10 Å². The van der Waals surface area contributed by atoms with Gasteiger partial charge in [0.1, 0.15) is 12.2 Å². The molecule has 0 amide bonds. The van der Waals surface area contributed by atoms with Crippen LogP contribution in [0.15, 0.2) is 30.6 Å². The molecular weight excluding hydrogens is 262 g/mol. The van der Waals surface area contributed by atoms with Crippen LogP contribution in [0.25, 0.3) is 0 Å². The van der Waals surface area contributed by atoms with E-state index in [0.717, 1.165) is 25.1 Å². The molecule has 2 aromatic rings. The zero-order chi connectivity index (χ0) is 15.2. The van der Waals surface area contributed by atoms with Crippen LogP contribution in [0.1, 0.15) is 43.3 Å². The summed E-state index contributed by atoms with van der Waals surface area (Å²) in [7, 11) is 0. The second-order valence-electron chi connectivity index (χ2n) is 5.81. The van der Waals surface area contributed by atoms with Crippen molar-refractivity contribution in [3.8, 4) is 0 Å². The van der Waals surface area contributed by atoms with E-state index >= 15 is 0 Å². The Labute approximate surface area is 126 Å². The summed E-state index contributed by atoms with van der Waals surface area (Å²) >= 11 is 0. The van der Waals surface area contributed by atoms with Crippen molar-refractivity contribution in [2.75, 3.05) is 0 Å². The smallest absolute Gasteiger partial charge is 0.138 e. The molecule has 0 saturated heterocycles. The van der Waals surface area contributed by atoms with Gasteiger partial charge in [-0.05, 0) is 39.2 Å². The van der Waals surface area contributed by atoms with Gasteiger partial charge < -0.3 is 0 Å². The van der Waals surface area contributed by atoms with Gasteiger partial charge in [-0.1, -0.05) is 29.8 Å². The Balaban J connectivity index is 1.95. The molecule has 21 heavy (non-hydrogen) atoms. The van der Waals surface area contributed by atoms with E-state index in [0.29, 0.717) is 6.04 Å². The molecule has 0 bridgehead atoms. The summed E-state index contributed by atoms with van der Waals surface area (Å²) in [6, 6.07) is 9.13. The Morgan fingerprint density at radius 1 is 1.33 bits per heavy atom. The topological polar surface area (TPSA) is 68.8 Å². The van der Waals surface area contributed by atoms with E-state index in [4.69, 9.17) is 5.84 Å². The number of aryl methyl sites for hydroxylation is 2. The first-order valence-electron chi connectivity index (χ1n) is 7.50. The summed E-state index contributed by atoms with van der Waals surface area (Å²) in [6.45, 7) is 6.33. The number of nitrogens with zero attached hydrogens (tertiary/aromatic N) is 3. The molecule has 114 valence electrons. The zero-order valence-corrected chi connectivity index (χ0v) is 13.1. The van der Waals surface area contributed by atoms with Gasteiger partial charge in [0.25, 0.3) is 0 Å². The molecule has 5 nitrogen and oxygen atoms in total. The molecule has 0 aliphatic rings. The molecule has 1 unspecified atom stereocenters. The number of nitrogens with one attached hydrogen (secondary N) is 1. The zero-order valence-electron chi connectivity index (χ0n) is 13.1. The van der Waals surface area contributed by atoms with E-state index in [1.165, 1.54) is 11.1 Å². The lowest BCUT2D eigenvalue weighted by atomic mass is 10.0. The summed E-state index contributed by atoms with van der Waals surface area (Å²) in [4.78, 5) is 4.35. The Bertz CT molecular complexity index is 561. The standard InChI is InChI=1S/C16H25N5/c1-12(2)21-16(18-11-19-21)10-15(20-17)8-7-14-6-4-5-13(3)9-14/h4-6,9,11-12,15,20H,7-8,10,17H2,1-3H3. The predicted octanol–water partition coefficient (Wildman–Crippen LogP) is 2.17. The fourth-order valence-electron chi connectivity index (χ4n) is 2.52. The summed E-state index contributed by atoms with van der Waals surface area (Å²) < 4.78 is 1.96. The molecule has 0 saturated carbocycles. The van der Waals surface area contributed by atoms with Gasteiger partial charge in [0.15, 0.2) is 0 Å². The molecule has 0 aliphatic heterocycles. The van der Waals surface area contributed by atoms with Crippen LogP contribution in [0, 0.1) is 6.92 Å². The SMILES string of the molecule is Cc1cccc(CCC(Cc2ncnn2C(C)C)NN)c1. The van der Waals surface area contributed by atoms with Crippen LogP contribution < -0.4 is 11.3 Å². The highest BCUT2D eigenvalue weighted by molar-refractivity contribution is 5.22. The molecule has 0 aliphatic carbocycles. The molecule has 1 atom stereocenters. The largest absolute Gasteiger partial charge is 0.271 e. The molecule has 3 N–H and O–H groups in total. The molecule has 2 rings (SSSR count). The second kappa shape index (κ2) is 7.33. The number of aromatic nitrogens is 3. The lowest BCUT2D eigenvalue weighted by molar-refractivity contribution is 0.444. The minimum absolute atomic E-state index is 0.201. The molecular formula is C16H25N5. The van der Waals surface area contributed by atoms with Crippen molar-refractivity contribution >= 4 is 0 Å². The number of rotatable bonds is 7. The normalized spacial score (nSPS) is 12.8. The lowest BCUT2D eigenvalue weighted by Gasteiger charge is -2.17. The Morgan fingerprint density at radius 3 is 2.81 bits per heavy atom. The van der Waals surface area contributed by atoms with Crippen LogP contribution in [0.2, 0.25) is 0 Å². The van der Waals surface area contributed by atoms with Gasteiger partial charge in [0.05, 0.1) is 0 Å². The predicted molar refractivity (Wildman–Crippen MR) is 84.7 cm³/mol. The van der Waals surface area contributed by atoms with E-state index in [2.05, 4.69) is 60.5 Å². The highest BCUT2D eigenvalue weighted by Crippen LogP contribution is 2.12. The summed E-state index contributed by atoms with van der Waals surface area (Å²) in [6.07, 6.45) is 4.39. The molecule has 5 heteroatoms. The third kappa shape index (κ3) is 4.37. The van der Waals surface area contributed by atoms with E-state index in [-0.39, 0.29) is 6.04 Å². The summed E-state index contributed by atoms with van der Waals surface area (Å²) in [5, 5.41) is 4.27. The minimum atomic E-state index is 0.201. The maximum absolute atomic E-state index is 5.70. The molecule has 1 heterocycles. The van der Waals surface area contributed by atoms with Crippen LogP contribution >= 0.6 is 0 Å². The van der Waals surface area contributed by atoms with Crippen LogP contribution in [0.3, 0.4) is 0 Å². The average Bonchev–Trinajstić information content (AvgIpc) is 2.91. The third-order valence-corrected chi connectivity index (χ3v) is 3.67. The van der Waals surface area contributed by atoms with Crippen molar-refractivity contribution in [3.63, 3.8) is 0 Å². The number of nitrogens with two attached hydrogens (primary N) is 1. The lowest BCUT2D eigenvalue weighted by Crippen LogP contribution is -2.38. The first-order chi connectivity index (χ1) is 10.1. The minimum Gasteiger partial charge on any atom is -0.271 e. The van der Waals surface area contributed by atoms with Crippen LogP contribution in [0.5, 0.6) is 0 Å². The Kier molecular flexibility index (Phi) is 5.47. The van der Waals surface area contributed by atoms with Gasteiger partial charge >= 0.3 is 0 Å². The van der Waals surface area contributed by atoms with E-state index in [1.54, 1.807) is 6.33 Å². The molecule has 0 fully saturated rings. The van der Waals surface area contributed by atoms with Crippen LogP contribution in [-0.4, -0.2) is 20.8 Å². The number of hydrogen-bond acceptors (Lipinski definition) is 4. The monoisotopic (exact) mass is 287 g/mol. The molecule has 0 radical (unpaired) electrons. The Hall–Kier alpha value is -1.72. The van der Waals surface area contributed by atoms with Gasteiger partial charge in [-0.25, -0.2) is 9.67 Å². The van der Waals surface area contributed by atoms with Crippen LogP contribution in [-0.2, 0) is 12.8 Å². The average molecular weight is 287 g/mol. The van der Waals surface area contributed by atoms with Crippen molar-refractivity contribution in [1.29, 1.82) is 0 Å². The van der Waals surface area contributed by atoms with Crippen molar-refractivity contribution in [3.05, 3.63) is 47.5 Å². The number of hydrazine groups is 1. The third-order valence-electron chi connectivity index (χ3n) is 3.67. The maximum Gasteiger partial charge on any atom is 0.138 e. The molecule has 0 spiro atoms.